The molecule has 0 aliphatic rings. The van der Waals surface area contributed by atoms with Crippen molar-refractivity contribution in [3.63, 3.8) is 0 Å². The minimum atomic E-state index is -0.555. The fourth-order valence-corrected chi connectivity index (χ4v) is 4.02. The molecule has 0 aliphatic heterocycles. The molecule has 0 saturated carbocycles. The summed E-state index contributed by atoms with van der Waals surface area (Å²) in [7, 11) is 0. The van der Waals surface area contributed by atoms with Crippen LogP contribution in [0.5, 0.6) is 0 Å². The molecule has 0 fully saturated rings. The summed E-state index contributed by atoms with van der Waals surface area (Å²) < 4.78 is 0. The molecule has 3 aromatic rings. The van der Waals surface area contributed by atoms with Crippen LogP contribution in [-0.4, -0.2) is 5.91 Å². The van der Waals surface area contributed by atoms with Gasteiger partial charge >= 0.3 is 0 Å². The second kappa shape index (κ2) is 9.73. The van der Waals surface area contributed by atoms with Crippen molar-refractivity contribution < 1.29 is 4.79 Å². The molecule has 0 saturated heterocycles. The highest BCUT2D eigenvalue weighted by molar-refractivity contribution is 6.36. The second-order valence-corrected chi connectivity index (χ2v) is 8.39. The Balaban J connectivity index is 1.84. The average molecular weight is 478 g/mol. The van der Waals surface area contributed by atoms with Gasteiger partial charge in [0.05, 0.1) is 18.4 Å². The van der Waals surface area contributed by atoms with E-state index in [9.17, 15) is 10.1 Å². The molecule has 152 valence electrons. The Morgan fingerprint density at radius 1 is 1.00 bits per heavy atom. The van der Waals surface area contributed by atoms with Crippen molar-refractivity contribution in [2.45, 2.75) is 19.3 Å². The van der Waals surface area contributed by atoms with E-state index in [1.807, 2.05) is 13.0 Å². The van der Waals surface area contributed by atoms with Gasteiger partial charge < -0.3 is 5.32 Å². The molecule has 1 amide bonds. The molecule has 0 spiro atoms. The van der Waals surface area contributed by atoms with Crippen molar-refractivity contribution in [3.05, 3.63) is 96.9 Å². The van der Waals surface area contributed by atoms with Crippen LogP contribution in [0.1, 0.15) is 28.2 Å². The molecule has 0 aromatic heterocycles. The Hall–Kier alpha value is -2.22. The third-order valence-electron chi connectivity index (χ3n) is 4.66. The maximum Gasteiger partial charge on any atom is 0.228 e. The Labute approximate surface area is 195 Å². The molecule has 3 nitrogen and oxygen atoms in total. The number of aryl methyl sites for hydroxylation is 1. The maximum atomic E-state index is 12.5. The van der Waals surface area contributed by atoms with Crippen LogP contribution in [0.25, 0.3) is 0 Å². The van der Waals surface area contributed by atoms with Crippen LogP contribution in [0.4, 0.5) is 5.69 Å². The van der Waals surface area contributed by atoms with Gasteiger partial charge in [0.15, 0.2) is 0 Å². The number of nitriles is 1. The first-order valence-corrected chi connectivity index (χ1v) is 10.5. The molecule has 0 aliphatic carbocycles. The first kappa shape index (κ1) is 22.5. The third-order valence-corrected chi connectivity index (χ3v) is 5.95. The van der Waals surface area contributed by atoms with E-state index in [-0.39, 0.29) is 12.3 Å². The summed E-state index contributed by atoms with van der Waals surface area (Å²) in [5.74, 6) is -0.827. The Bertz CT molecular complexity index is 1120. The van der Waals surface area contributed by atoms with Crippen LogP contribution >= 0.6 is 46.4 Å². The highest BCUT2D eigenvalue weighted by atomic mass is 35.5. The Morgan fingerprint density at radius 3 is 2.23 bits per heavy atom. The van der Waals surface area contributed by atoms with Crippen molar-refractivity contribution in [2.24, 2.45) is 0 Å². The van der Waals surface area contributed by atoms with E-state index >= 15 is 0 Å². The van der Waals surface area contributed by atoms with Crippen LogP contribution in [0.2, 0.25) is 20.1 Å². The van der Waals surface area contributed by atoms with Gasteiger partial charge in [-0.2, -0.15) is 5.26 Å². The number of hydrogen-bond acceptors (Lipinski definition) is 2. The normalized spacial score (nSPS) is 11.6. The molecule has 1 atom stereocenters. The molecule has 3 rings (SSSR count). The zero-order chi connectivity index (χ0) is 21.8. The minimum absolute atomic E-state index is 0.0307. The third kappa shape index (κ3) is 5.09. The van der Waals surface area contributed by atoms with Gasteiger partial charge in [-0.3, -0.25) is 4.79 Å². The molecule has 0 heterocycles. The van der Waals surface area contributed by atoms with Gasteiger partial charge in [-0.15, -0.1) is 0 Å². The van der Waals surface area contributed by atoms with Crippen LogP contribution in [0, 0.1) is 18.3 Å². The molecule has 0 bridgehead atoms. The summed E-state index contributed by atoms with van der Waals surface area (Å²) in [6.07, 6.45) is 0.0307. The number of carbonyl (C=O) groups is 1. The van der Waals surface area contributed by atoms with Crippen molar-refractivity contribution in [3.8, 4) is 6.07 Å². The number of hydrogen-bond donors (Lipinski definition) is 1. The molecule has 0 unspecified atom stereocenters. The summed E-state index contributed by atoms with van der Waals surface area (Å²) in [6.45, 7) is 1.84. The summed E-state index contributed by atoms with van der Waals surface area (Å²) in [4.78, 5) is 12.5. The zero-order valence-corrected chi connectivity index (χ0v) is 18.9. The number of nitrogens with one attached hydrogen (secondary N) is 1. The van der Waals surface area contributed by atoms with Gasteiger partial charge in [0, 0.05) is 25.8 Å². The van der Waals surface area contributed by atoms with Crippen LogP contribution in [0.15, 0.2) is 54.6 Å². The summed E-state index contributed by atoms with van der Waals surface area (Å²) >= 11 is 24.7. The van der Waals surface area contributed by atoms with E-state index in [1.54, 1.807) is 48.5 Å². The largest absolute Gasteiger partial charge is 0.326 e. The molecule has 3 aromatic carbocycles. The lowest BCUT2D eigenvalue weighted by Gasteiger charge is -2.16. The lowest BCUT2D eigenvalue weighted by molar-refractivity contribution is -0.115. The standard InChI is InChI=1S/C23H16Cl4N2O/c1-13-9-16(18(12-28)14-5-7-15(24)8-6-14)21(27)11-22(13)29-23(30)10-17-19(25)3-2-4-20(17)26/h2-9,11,18H,10H2,1H3,(H,29,30)/t18-/m1/s1. The first-order chi connectivity index (χ1) is 14.3. The quantitative estimate of drug-likeness (QED) is 0.414. The van der Waals surface area contributed by atoms with Crippen LogP contribution < -0.4 is 5.32 Å². The van der Waals surface area contributed by atoms with Gasteiger partial charge in [-0.1, -0.05) is 70.7 Å². The minimum Gasteiger partial charge on any atom is -0.326 e. The number of carbonyl (C=O) groups excluding carboxylic acids is 1. The predicted octanol–water partition coefficient (Wildman–Crippen LogP) is 7.45. The van der Waals surface area contributed by atoms with Gasteiger partial charge in [-0.25, -0.2) is 0 Å². The van der Waals surface area contributed by atoms with Gasteiger partial charge in [0.1, 0.15) is 0 Å². The van der Waals surface area contributed by atoms with Gasteiger partial charge in [-0.05, 0) is 59.5 Å². The average Bonchev–Trinajstić information content (AvgIpc) is 2.70. The first-order valence-electron chi connectivity index (χ1n) is 8.98. The van der Waals surface area contributed by atoms with E-state index in [1.165, 1.54) is 0 Å². The predicted molar refractivity (Wildman–Crippen MR) is 124 cm³/mol. The number of rotatable bonds is 5. The number of amides is 1. The molecular weight excluding hydrogens is 462 g/mol. The van der Waals surface area contributed by atoms with E-state index in [0.717, 1.165) is 11.1 Å². The molecule has 0 radical (unpaired) electrons. The molecular formula is C23H16Cl4N2O. The lowest BCUT2D eigenvalue weighted by atomic mass is 9.91. The smallest absolute Gasteiger partial charge is 0.228 e. The van der Waals surface area contributed by atoms with Crippen LogP contribution in [0.3, 0.4) is 0 Å². The Kier molecular flexibility index (Phi) is 7.28. The SMILES string of the molecule is Cc1cc([C@H](C#N)c2ccc(Cl)cc2)c(Cl)cc1NC(=O)Cc1c(Cl)cccc1Cl. The van der Waals surface area contributed by atoms with E-state index in [0.29, 0.717) is 36.9 Å². The second-order valence-electron chi connectivity index (χ2n) is 6.73. The van der Waals surface area contributed by atoms with Gasteiger partial charge in [0.25, 0.3) is 0 Å². The number of anilines is 1. The Morgan fingerprint density at radius 2 is 1.63 bits per heavy atom. The van der Waals surface area contributed by atoms with E-state index in [2.05, 4.69) is 11.4 Å². The highest BCUT2D eigenvalue weighted by Gasteiger charge is 2.19. The highest BCUT2D eigenvalue weighted by Crippen LogP contribution is 2.34. The lowest BCUT2D eigenvalue weighted by Crippen LogP contribution is -2.16. The number of benzene rings is 3. The number of nitrogens with zero attached hydrogens (tertiary/aromatic N) is 1. The van der Waals surface area contributed by atoms with E-state index < -0.39 is 5.92 Å². The summed E-state index contributed by atoms with van der Waals surface area (Å²) in [5, 5.41) is 14.4. The van der Waals surface area contributed by atoms with Crippen molar-refractivity contribution in [1.29, 1.82) is 5.26 Å². The van der Waals surface area contributed by atoms with Gasteiger partial charge in [0.2, 0.25) is 5.91 Å². The summed E-state index contributed by atoms with van der Waals surface area (Å²) in [6, 6.07) is 17.9. The van der Waals surface area contributed by atoms with Crippen molar-refractivity contribution in [1.82, 2.24) is 0 Å². The summed E-state index contributed by atoms with van der Waals surface area (Å²) in [5.41, 5.74) is 3.34. The van der Waals surface area contributed by atoms with Crippen LogP contribution in [-0.2, 0) is 11.2 Å². The monoisotopic (exact) mass is 476 g/mol. The van der Waals surface area contributed by atoms with Crippen molar-refractivity contribution >= 4 is 58.0 Å². The fraction of sp³-hybridized carbons (Fsp3) is 0.130. The topological polar surface area (TPSA) is 52.9 Å². The molecule has 30 heavy (non-hydrogen) atoms. The van der Waals surface area contributed by atoms with Crippen molar-refractivity contribution in [2.75, 3.05) is 5.32 Å². The number of halogens is 4. The molecule has 1 N–H and O–H groups in total. The maximum absolute atomic E-state index is 12.5. The van der Waals surface area contributed by atoms with E-state index in [4.69, 9.17) is 46.4 Å². The zero-order valence-electron chi connectivity index (χ0n) is 15.8. The fourth-order valence-electron chi connectivity index (χ4n) is 3.09. The molecule has 7 heteroatoms.